The molecule has 110 valence electrons. The van der Waals surface area contributed by atoms with Crippen molar-refractivity contribution in [1.29, 1.82) is 0 Å². The minimum absolute atomic E-state index is 0.0125. The first-order valence-corrected chi connectivity index (χ1v) is 8.15. The second-order valence-electron chi connectivity index (χ2n) is 7.40. The number of carbonyl (C=O) groups excluding carboxylic acids is 1. The number of rotatable bonds is 0. The van der Waals surface area contributed by atoms with Gasteiger partial charge in [0.05, 0.1) is 0 Å². The van der Waals surface area contributed by atoms with Crippen LogP contribution in [0.3, 0.4) is 0 Å². The van der Waals surface area contributed by atoms with Crippen molar-refractivity contribution >= 4 is 5.78 Å². The fraction of sp³-hybridized carbons (Fsp3) is 0.611. The molecule has 1 spiro atoms. The Morgan fingerprint density at radius 3 is 3.10 bits per heavy atom. The molecule has 4 aliphatic rings. The van der Waals surface area contributed by atoms with Crippen molar-refractivity contribution in [2.45, 2.75) is 50.2 Å². The lowest BCUT2D eigenvalue weighted by Gasteiger charge is -2.57. The van der Waals surface area contributed by atoms with Gasteiger partial charge in [0.25, 0.3) is 0 Å². The summed E-state index contributed by atoms with van der Waals surface area (Å²) in [5, 5.41) is 0. The number of likely N-dealkylation sites (N-methyl/N-ethyl adjacent to an activating group) is 1. The van der Waals surface area contributed by atoms with E-state index in [1.807, 2.05) is 0 Å². The van der Waals surface area contributed by atoms with Gasteiger partial charge in [-0.1, -0.05) is 12.1 Å². The van der Waals surface area contributed by atoms with Crippen LogP contribution in [0.5, 0.6) is 5.75 Å². The summed E-state index contributed by atoms with van der Waals surface area (Å²) < 4.78 is 6.29. The summed E-state index contributed by atoms with van der Waals surface area (Å²) in [6, 6.07) is 5.03. The van der Waals surface area contributed by atoms with Crippen LogP contribution in [-0.4, -0.2) is 36.4 Å². The highest BCUT2D eigenvalue weighted by Gasteiger charge is 2.65. The molecule has 1 aromatic rings. The van der Waals surface area contributed by atoms with E-state index in [2.05, 4.69) is 31.0 Å². The number of aryl methyl sites for hydroxylation is 1. The Balaban J connectivity index is 1.83. The summed E-state index contributed by atoms with van der Waals surface area (Å²) in [6.07, 6.45) is 3.73. The first kappa shape index (κ1) is 12.2. The highest BCUT2D eigenvalue weighted by molar-refractivity contribution is 5.89. The summed E-state index contributed by atoms with van der Waals surface area (Å²) >= 11 is 0. The monoisotopic (exact) mass is 283 g/mol. The van der Waals surface area contributed by atoms with Crippen LogP contribution in [-0.2, 0) is 16.6 Å². The van der Waals surface area contributed by atoms with Gasteiger partial charge in [-0.25, -0.2) is 0 Å². The summed E-state index contributed by atoms with van der Waals surface area (Å²) in [7, 11) is 2.25. The quantitative estimate of drug-likeness (QED) is 0.731. The largest absolute Gasteiger partial charge is 0.481 e. The third-order valence-corrected chi connectivity index (χ3v) is 6.60. The van der Waals surface area contributed by atoms with E-state index in [1.54, 1.807) is 0 Å². The smallest absolute Gasteiger partial charge is 0.174 e. The average molecular weight is 283 g/mol. The maximum atomic E-state index is 12.6. The number of likely N-dealkylation sites (tertiary alicyclic amines) is 1. The van der Waals surface area contributed by atoms with Crippen LogP contribution in [0.2, 0.25) is 0 Å². The van der Waals surface area contributed by atoms with Crippen molar-refractivity contribution < 1.29 is 9.53 Å². The van der Waals surface area contributed by atoms with E-state index in [4.69, 9.17) is 4.74 Å². The van der Waals surface area contributed by atoms with Crippen LogP contribution in [0.25, 0.3) is 0 Å². The average Bonchev–Trinajstić information content (AvgIpc) is 2.83. The molecule has 2 aliphatic carbocycles. The van der Waals surface area contributed by atoms with Crippen LogP contribution in [0.4, 0.5) is 0 Å². The molecule has 2 aliphatic heterocycles. The Kier molecular flexibility index (Phi) is 2.15. The summed E-state index contributed by atoms with van der Waals surface area (Å²) in [5.41, 5.74) is 4.03. The number of nitrogens with zero attached hydrogens (tertiary/aromatic N) is 1. The second-order valence-corrected chi connectivity index (χ2v) is 7.40. The molecule has 21 heavy (non-hydrogen) atoms. The molecular formula is C18H21NO2. The van der Waals surface area contributed by atoms with Crippen molar-refractivity contribution in [2.75, 3.05) is 13.6 Å². The molecule has 2 bridgehead atoms. The van der Waals surface area contributed by atoms with Gasteiger partial charge in [0, 0.05) is 23.4 Å². The summed E-state index contributed by atoms with van der Waals surface area (Å²) in [5.74, 6) is 1.97. The molecule has 3 nitrogen and oxygen atoms in total. The van der Waals surface area contributed by atoms with Crippen molar-refractivity contribution in [2.24, 2.45) is 5.92 Å². The molecule has 1 aromatic carbocycles. The lowest BCUT2D eigenvalue weighted by molar-refractivity contribution is -0.138. The van der Waals surface area contributed by atoms with Gasteiger partial charge < -0.3 is 9.64 Å². The van der Waals surface area contributed by atoms with Gasteiger partial charge in [-0.15, -0.1) is 0 Å². The fourth-order valence-electron chi connectivity index (χ4n) is 5.67. The zero-order valence-electron chi connectivity index (χ0n) is 12.7. The van der Waals surface area contributed by atoms with E-state index in [0.717, 1.165) is 31.6 Å². The number of ether oxygens (including phenoxy) is 1. The van der Waals surface area contributed by atoms with Gasteiger partial charge in [0.1, 0.15) is 5.75 Å². The maximum absolute atomic E-state index is 12.6. The normalized spacial score (nSPS) is 39.9. The Morgan fingerprint density at radius 1 is 1.38 bits per heavy atom. The third kappa shape index (κ3) is 1.24. The SMILES string of the molecule is Cc1ccc2c3c1O[C@H]1C(=O)CCC4C(C2)N(C)CC[C@@]341. The molecular weight excluding hydrogens is 262 g/mol. The topological polar surface area (TPSA) is 29.5 Å². The zero-order valence-corrected chi connectivity index (χ0v) is 12.7. The summed E-state index contributed by atoms with van der Waals surface area (Å²) in [4.78, 5) is 15.1. The minimum Gasteiger partial charge on any atom is -0.481 e. The molecule has 5 rings (SSSR count). The molecule has 1 saturated carbocycles. The Bertz CT molecular complexity index is 667. The zero-order chi connectivity index (χ0) is 14.4. The number of piperidine rings is 1. The highest BCUT2D eigenvalue weighted by Crippen LogP contribution is 2.61. The van der Waals surface area contributed by atoms with E-state index >= 15 is 0 Å². The predicted molar refractivity (Wildman–Crippen MR) is 79.7 cm³/mol. The van der Waals surface area contributed by atoms with Gasteiger partial charge in [-0.3, -0.25) is 4.79 Å². The Morgan fingerprint density at radius 2 is 2.24 bits per heavy atom. The van der Waals surface area contributed by atoms with Gasteiger partial charge in [0.15, 0.2) is 11.9 Å². The van der Waals surface area contributed by atoms with Gasteiger partial charge in [-0.05, 0) is 56.8 Å². The molecule has 2 heterocycles. The number of ketones is 1. The number of carbonyl (C=O) groups is 1. The van der Waals surface area contributed by atoms with E-state index in [-0.39, 0.29) is 11.5 Å². The van der Waals surface area contributed by atoms with E-state index in [9.17, 15) is 4.79 Å². The second kappa shape index (κ2) is 3.70. The molecule has 0 amide bonds. The predicted octanol–water partition coefficient (Wildman–Crippen LogP) is 2.23. The number of benzene rings is 1. The fourth-order valence-corrected chi connectivity index (χ4v) is 5.67. The van der Waals surface area contributed by atoms with Gasteiger partial charge >= 0.3 is 0 Å². The number of Topliss-reactive ketones (excluding diaryl/α,β-unsaturated/α-hetero) is 1. The van der Waals surface area contributed by atoms with Crippen molar-refractivity contribution in [1.82, 2.24) is 4.90 Å². The van der Waals surface area contributed by atoms with Crippen LogP contribution in [0, 0.1) is 12.8 Å². The first-order chi connectivity index (χ1) is 10.1. The Hall–Kier alpha value is -1.35. The van der Waals surface area contributed by atoms with Gasteiger partial charge in [-0.2, -0.15) is 0 Å². The maximum Gasteiger partial charge on any atom is 0.174 e. The van der Waals surface area contributed by atoms with Gasteiger partial charge in [0.2, 0.25) is 0 Å². The van der Waals surface area contributed by atoms with Crippen LogP contribution < -0.4 is 4.74 Å². The van der Waals surface area contributed by atoms with Crippen molar-refractivity contribution in [3.05, 3.63) is 28.8 Å². The van der Waals surface area contributed by atoms with Crippen molar-refractivity contribution in [3.8, 4) is 5.75 Å². The summed E-state index contributed by atoms with van der Waals surface area (Å²) in [6.45, 7) is 3.20. The van der Waals surface area contributed by atoms with E-state index in [0.29, 0.717) is 24.2 Å². The molecule has 2 fully saturated rings. The number of hydrogen-bond acceptors (Lipinski definition) is 3. The molecule has 0 radical (unpaired) electrons. The van der Waals surface area contributed by atoms with Crippen LogP contribution >= 0.6 is 0 Å². The van der Waals surface area contributed by atoms with E-state index in [1.165, 1.54) is 16.7 Å². The molecule has 0 aromatic heterocycles. The van der Waals surface area contributed by atoms with Crippen molar-refractivity contribution in [3.63, 3.8) is 0 Å². The molecule has 3 heteroatoms. The highest BCUT2D eigenvalue weighted by atomic mass is 16.5. The van der Waals surface area contributed by atoms with Crippen LogP contribution in [0.15, 0.2) is 12.1 Å². The first-order valence-electron chi connectivity index (χ1n) is 8.15. The molecule has 0 N–H and O–H groups in total. The minimum atomic E-state index is -0.206. The lowest BCUT2D eigenvalue weighted by atomic mass is 9.51. The third-order valence-electron chi connectivity index (χ3n) is 6.60. The number of hydrogen-bond donors (Lipinski definition) is 0. The lowest BCUT2D eigenvalue weighted by Crippen LogP contribution is -2.65. The standard InChI is InChI=1S/C18H21NO2/c1-10-3-4-11-9-13-12-5-6-14(20)17-18(12,7-8-19(13)2)15(11)16(10)21-17/h3-4,12-13,17H,5-9H2,1-2H3/t12?,13?,17-,18-/m0/s1. The molecule has 1 saturated heterocycles. The van der Waals surface area contributed by atoms with Crippen LogP contribution in [0.1, 0.15) is 36.0 Å². The van der Waals surface area contributed by atoms with E-state index < -0.39 is 0 Å². The molecule has 2 unspecified atom stereocenters. The molecule has 4 atom stereocenters. The Labute approximate surface area is 125 Å².